The molecule has 2 heterocycles. The molecule has 7 heteroatoms. The molecule has 0 aliphatic carbocycles. The molecule has 0 radical (unpaired) electrons. The molecule has 3 aromatic rings. The summed E-state index contributed by atoms with van der Waals surface area (Å²) >= 11 is 0. The lowest BCUT2D eigenvalue weighted by Crippen LogP contribution is -2.14. The Hall–Kier alpha value is -3.74. The molecule has 0 aliphatic rings. The molecule has 154 valence electrons. The van der Waals surface area contributed by atoms with Crippen LogP contribution < -0.4 is 0 Å². The van der Waals surface area contributed by atoms with E-state index in [9.17, 15) is 14.4 Å². The number of hydrogen-bond donors (Lipinski definition) is 1. The Labute approximate surface area is 173 Å². The van der Waals surface area contributed by atoms with Gasteiger partial charge in [-0.15, -0.1) is 0 Å². The number of ether oxygens (including phenoxy) is 2. The van der Waals surface area contributed by atoms with E-state index in [4.69, 9.17) is 9.47 Å². The molecule has 0 atom stereocenters. The quantitative estimate of drug-likeness (QED) is 0.364. The van der Waals surface area contributed by atoms with Gasteiger partial charge in [0.1, 0.15) is 0 Å². The Kier molecular flexibility index (Phi) is 6.41. The highest BCUT2D eigenvalue weighted by Crippen LogP contribution is 2.20. The molecule has 3 rings (SSSR count). The molecule has 0 aliphatic heterocycles. The minimum absolute atomic E-state index is 0.227. The van der Waals surface area contributed by atoms with Crippen molar-refractivity contribution in [2.75, 3.05) is 13.2 Å². The molecule has 0 fully saturated rings. The predicted molar refractivity (Wildman–Crippen MR) is 112 cm³/mol. The lowest BCUT2D eigenvalue weighted by atomic mass is 10.1. The van der Waals surface area contributed by atoms with Gasteiger partial charge < -0.3 is 14.5 Å². The van der Waals surface area contributed by atoms with E-state index < -0.39 is 24.3 Å². The maximum Gasteiger partial charge on any atom is 0.340 e. The molecule has 0 spiro atoms. The van der Waals surface area contributed by atoms with Gasteiger partial charge >= 0.3 is 11.9 Å². The lowest BCUT2D eigenvalue weighted by Gasteiger charge is -2.03. The van der Waals surface area contributed by atoms with E-state index in [1.165, 1.54) is 6.08 Å². The van der Waals surface area contributed by atoms with Crippen LogP contribution in [0.1, 0.15) is 44.6 Å². The number of carbonyl (C=O) groups is 3. The number of hydrogen-bond acceptors (Lipinski definition) is 6. The standard InChI is InChI=1S/C23H22N2O5/c1-4-29-23(28)20-14(2)21(25-15(20)3)18(26)13-30-19(27)11-10-17-8-5-7-16-9-6-12-24-22(16)17/h5-12,25H,4,13H2,1-3H3/b11-10+. The predicted octanol–water partition coefficient (Wildman–Crippen LogP) is 3.80. The third-order valence-electron chi connectivity index (χ3n) is 4.60. The SMILES string of the molecule is CCOC(=O)c1c(C)[nH]c(C(=O)COC(=O)/C=C/c2cccc3cccnc23)c1C. The number of fused-ring (bicyclic) bond motifs is 1. The number of aryl methyl sites for hydroxylation is 1. The monoisotopic (exact) mass is 406 g/mol. The molecule has 0 saturated carbocycles. The number of pyridine rings is 1. The van der Waals surface area contributed by atoms with Crippen molar-refractivity contribution in [2.45, 2.75) is 20.8 Å². The van der Waals surface area contributed by atoms with Crippen LogP contribution in [-0.2, 0) is 14.3 Å². The first-order valence-corrected chi connectivity index (χ1v) is 9.50. The Morgan fingerprint density at radius 2 is 1.87 bits per heavy atom. The highest BCUT2D eigenvalue weighted by atomic mass is 16.5. The van der Waals surface area contributed by atoms with Gasteiger partial charge in [-0.3, -0.25) is 9.78 Å². The first-order chi connectivity index (χ1) is 14.4. The second-order valence-electron chi connectivity index (χ2n) is 6.63. The average molecular weight is 406 g/mol. The van der Waals surface area contributed by atoms with E-state index in [0.29, 0.717) is 16.8 Å². The molecular weight excluding hydrogens is 384 g/mol. The number of H-pyrrole nitrogens is 1. The fourth-order valence-corrected chi connectivity index (χ4v) is 3.22. The summed E-state index contributed by atoms with van der Waals surface area (Å²) in [5, 5.41) is 0.957. The van der Waals surface area contributed by atoms with Gasteiger partial charge in [-0.25, -0.2) is 9.59 Å². The van der Waals surface area contributed by atoms with E-state index in [0.717, 1.165) is 16.5 Å². The van der Waals surface area contributed by atoms with Gasteiger partial charge in [-0.05, 0) is 38.5 Å². The zero-order valence-electron chi connectivity index (χ0n) is 17.0. The van der Waals surface area contributed by atoms with Crippen LogP contribution in [0.3, 0.4) is 0 Å². The molecule has 0 amide bonds. The van der Waals surface area contributed by atoms with E-state index in [1.54, 1.807) is 33.0 Å². The van der Waals surface area contributed by atoms with Crippen LogP contribution >= 0.6 is 0 Å². The number of para-hydroxylation sites is 1. The van der Waals surface area contributed by atoms with Crippen LogP contribution in [0.15, 0.2) is 42.6 Å². The number of Topliss-reactive ketones (excluding diaryl/α,β-unsaturated/α-hetero) is 1. The van der Waals surface area contributed by atoms with Gasteiger partial charge in [0.15, 0.2) is 6.61 Å². The summed E-state index contributed by atoms with van der Waals surface area (Å²) in [6, 6.07) is 9.42. The van der Waals surface area contributed by atoms with Crippen LogP contribution in [0.4, 0.5) is 0 Å². The zero-order valence-corrected chi connectivity index (χ0v) is 17.0. The van der Waals surface area contributed by atoms with E-state index in [1.807, 2.05) is 30.3 Å². The molecular formula is C23H22N2O5. The third-order valence-corrected chi connectivity index (χ3v) is 4.60. The molecule has 0 unspecified atom stereocenters. The molecule has 30 heavy (non-hydrogen) atoms. The lowest BCUT2D eigenvalue weighted by molar-refractivity contribution is -0.136. The molecule has 0 saturated heterocycles. The number of rotatable bonds is 7. The van der Waals surface area contributed by atoms with E-state index in [-0.39, 0.29) is 12.3 Å². The van der Waals surface area contributed by atoms with Crippen molar-refractivity contribution in [2.24, 2.45) is 0 Å². The molecule has 7 nitrogen and oxygen atoms in total. The van der Waals surface area contributed by atoms with E-state index >= 15 is 0 Å². The maximum absolute atomic E-state index is 12.5. The Bertz CT molecular complexity index is 1140. The van der Waals surface area contributed by atoms with Crippen molar-refractivity contribution < 1.29 is 23.9 Å². The summed E-state index contributed by atoms with van der Waals surface area (Å²) in [5.74, 6) is -1.58. The summed E-state index contributed by atoms with van der Waals surface area (Å²) in [4.78, 5) is 43.8. The largest absolute Gasteiger partial charge is 0.462 e. The Morgan fingerprint density at radius 1 is 1.10 bits per heavy atom. The number of esters is 2. The Balaban J connectivity index is 1.66. The highest BCUT2D eigenvalue weighted by Gasteiger charge is 2.23. The van der Waals surface area contributed by atoms with Crippen LogP contribution in [0.2, 0.25) is 0 Å². The van der Waals surface area contributed by atoms with Gasteiger partial charge in [-0.1, -0.05) is 24.3 Å². The summed E-state index contributed by atoms with van der Waals surface area (Å²) in [6.45, 7) is 4.84. The van der Waals surface area contributed by atoms with Crippen molar-refractivity contribution in [3.8, 4) is 0 Å². The Morgan fingerprint density at radius 3 is 2.63 bits per heavy atom. The summed E-state index contributed by atoms with van der Waals surface area (Å²) < 4.78 is 10.1. The van der Waals surface area contributed by atoms with Crippen molar-refractivity contribution in [1.29, 1.82) is 0 Å². The fraction of sp³-hybridized carbons (Fsp3) is 0.217. The third kappa shape index (κ3) is 4.46. The van der Waals surface area contributed by atoms with Crippen molar-refractivity contribution in [3.05, 3.63) is 70.7 Å². The topological polar surface area (TPSA) is 98.4 Å². The normalized spacial score (nSPS) is 11.0. The van der Waals surface area contributed by atoms with Crippen LogP contribution in [0.5, 0.6) is 0 Å². The fourth-order valence-electron chi connectivity index (χ4n) is 3.22. The van der Waals surface area contributed by atoms with Crippen molar-refractivity contribution in [1.82, 2.24) is 9.97 Å². The minimum Gasteiger partial charge on any atom is -0.462 e. The average Bonchev–Trinajstić information content (AvgIpc) is 3.04. The van der Waals surface area contributed by atoms with Gasteiger partial charge in [0.2, 0.25) is 5.78 Å². The van der Waals surface area contributed by atoms with Gasteiger partial charge in [0, 0.05) is 28.9 Å². The molecule has 1 aromatic carbocycles. The van der Waals surface area contributed by atoms with Crippen molar-refractivity contribution >= 4 is 34.7 Å². The van der Waals surface area contributed by atoms with Crippen molar-refractivity contribution in [3.63, 3.8) is 0 Å². The number of carbonyl (C=O) groups excluding carboxylic acids is 3. The molecule has 1 N–H and O–H groups in total. The number of aromatic nitrogens is 2. The molecule has 0 bridgehead atoms. The van der Waals surface area contributed by atoms with E-state index in [2.05, 4.69) is 9.97 Å². The molecule has 2 aromatic heterocycles. The van der Waals surface area contributed by atoms with Crippen LogP contribution in [0.25, 0.3) is 17.0 Å². The smallest absolute Gasteiger partial charge is 0.340 e. The summed E-state index contributed by atoms with van der Waals surface area (Å²) in [5.41, 5.74) is 3.10. The van der Waals surface area contributed by atoms with Gasteiger partial charge in [0.25, 0.3) is 0 Å². The second kappa shape index (κ2) is 9.17. The van der Waals surface area contributed by atoms with Crippen LogP contribution in [0, 0.1) is 13.8 Å². The minimum atomic E-state index is -0.650. The highest BCUT2D eigenvalue weighted by molar-refractivity contribution is 6.03. The second-order valence-corrected chi connectivity index (χ2v) is 6.63. The van der Waals surface area contributed by atoms with Gasteiger partial charge in [0.05, 0.1) is 23.4 Å². The number of aromatic amines is 1. The number of nitrogens with one attached hydrogen (secondary N) is 1. The number of ketones is 1. The zero-order chi connectivity index (χ0) is 21.7. The first-order valence-electron chi connectivity index (χ1n) is 9.50. The maximum atomic E-state index is 12.5. The summed E-state index contributed by atoms with van der Waals surface area (Å²) in [6.07, 6.45) is 4.54. The van der Waals surface area contributed by atoms with Gasteiger partial charge in [-0.2, -0.15) is 0 Å². The number of nitrogens with zero attached hydrogens (tertiary/aromatic N) is 1. The number of benzene rings is 1. The van der Waals surface area contributed by atoms with Crippen LogP contribution in [-0.4, -0.2) is 40.9 Å². The summed E-state index contributed by atoms with van der Waals surface area (Å²) in [7, 11) is 0. The first kappa shape index (κ1) is 21.0.